The Kier molecular flexibility index (Phi) is 4.56. The van der Waals surface area contributed by atoms with Crippen molar-refractivity contribution in [3.63, 3.8) is 0 Å². The Morgan fingerprint density at radius 1 is 1.35 bits per heavy atom. The Hall–Kier alpha value is -2.15. The number of hydrogen-bond acceptors (Lipinski definition) is 4. The second kappa shape index (κ2) is 6.87. The maximum Gasteiger partial charge on any atom is 0.257 e. The lowest BCUT2D eigenvalue weighted by atomic mass is 9.93. The number of nitrogens with one attached hydrogen (secondary N) is 1. The van der Waals surface area contributed by atoms with Crippen molar-refractivity contribution in [2.45, 2.75) is 58.8 Å². The third kappa shape index (κ3) is 3.05. The molecule has 4 rings (SSSR count). The van der Waals surface area contributed by atoms with Gasteiger partial charge in [-0.25, -0.2) is 4.98 Å². The predicted octanol–water partition coefficient (Wildman–Crippen LogP) is 1.90. The first-order valence-corrected chi connectivity index (χ1v) is 9.71. The molecule has 3 heterocycles. The summed E-state index contributed by atoms with van der Waals surface area (Å²) in [5.41, 5.74) is 0.975. The summed E-state index contributed by atoms with van der Waals surface area (Å²) in [6.45, 7) is 8.44. The third-order valence-electron chi connectivity index (χ3n) is 6.04. The quantitative estimate of drug-likeness (QED) is 0.858. The van der Waals surface area contributed by atoms with Gasteiger partial charge in [-0.1, -0.05) is 0 Å². The maximum atomic E-state index is 13.3. The van der Waals surface area contributed by atoms with E-state index in [0.29, 0.717) is 23.6 Å². The van der Waals surface area contributed by atoms with Crippen LogP contribution < -0.4 is 5.32 Å². The highest BCUT2D eigenvalue weighted by Crippen LogP contribution is 2.56. The van der Waals surface area contributed by atoms with Gasteiger partial charge in [-0.15, -0.1) is 0 Å². The number of piperidine rings is 1. The molecule has 0 bridgehead atoms. The lowest BCUT2D eigenvalue weighted by Crippen LogP contribution is -2.39. The van der Waals surface area contributed by atoms with Crippen LogP contribution in [0.2, 0.25) is 0 Å². The second-order valence-electron chi connectivity index (χ2n) is 7.48. The van der Waals surface area contributed by atoms with Gasteiger partial charge in [-0.2, -0.15) is 5.10 Å². The van der Waals surface area contributed by atoms with E-state index in [9.17, 15) is 4.79 Å². The first kappa shape index (κ1) is 17.3. The van der Waals surface area contributed by atoms with Gasteiger partial charge in [0.1, 0.15) is 5.82 Å². The van der Waals surface area contributed by atoms with Crippen molar-refractivity contribution in [3.8, 4) is 0 Å². The molecule has 2 aliphatic rings. The minimum absolute atomic E-state index is 0.0794. The normalized spacial score (nSPS) is 21.1. The van der Waals surface area contributed by atoms with Crippen LogP contribution in [-0.2, 0) is 19.6 Å². The Morgan fingerprint density at radius 2 is 2.15 bits per heavy atom. The Morgan fingerprint density at radius 3 is 2.85 bits per heavy atom. The number of aromatic nitrogens is 4. The standard InChI is InChI=1S/C19H28N6O/c1-3-23-10-9-21-17(23)14-25(16-11-19(16)5-7-20-8-6-19)18(26)15-12-22-24(4-2)13-15/h9-10,12-13,16,20H,3-8,11,14H2,1-2H3/t16-/m0/s1. The molecular formula is C19H28N6O. The van der Waals surface area contributed by atoms with Gasteiger partial charge in [0, 0.05) is 37.7 Å². The number of carbonyl (C=O) groups excluding carboxylic acids is 1. The molecule has 26 heavy (non-hydrogen) atoms. The summed E-state index contributed by atoms with van der Waals surface area (Å²) >= 11 is 0. The van der Waals surface area contributed by atoms with E-state index in [4.69, 9.17) is 0 Å². The summed E-state index contributed by atoms with van der Waals surface area (Å²) in [5.74, 6) is 1.04. The van der Waals surface area contributed by atoms with Crippen LogP contribution in [0.4, 0.5) is 0 Å². The monoisotopic (exact) mass is 356 g/mol. The molecule has 0 aromatic carbocycles. The Bertz CT molecular complexity index is 773. The summed E-state index contributed by atoms with van der Waals surface area (Å²) in [5, 5.41) is 7.73. The van der Waals surface area contributed by atoms with Crippen molar-refractivity contribution in [1.82, 2.24) is 29.5 Å². The van der Waals surface area contributed by atoms with Crippen LogP contribution in [0.3, 0.4) is 0 Å². The fourth-order valence-electron chi connectivity index (χ4n) is 4.30. The van der Waals surface area contributed by atoms with E-state index < -0.39 is 0 Å². The van der Waals surface area contributed by atoms with Crippen LogP contribution in [0.1, 0.15) is 49.3 Å². The largest absolute Gasteiger partial charge is 0.334 e. The number of hydrogen-bond donors (Lipinski definition) is 1. The van der Waals surface area contributed by atoms with E-state index in [1.807, 2.05) is 30.2 Å². The molecule has 1 N–H and O–H groups in total. The fourth-order valence-corrected chi connectivity index (χ4v) is 4.30. The molecule has 1 saturated carbocycles. The van der Waals surface area contributed by atoms with Crippen LogP contribution in [0.15, 0.2) is 24.8 Å². The van der Waals surface area contributed by atoms with E-state index in [-0.39, 0.29) is 5.91 Å². The van der Waals surface area contributed by atoms with E-state index >= 15 is 0 Å². The van der Waals surface area contributed by atoms with Crippen molar-refractivity contribution in [2.75, 3.05) is 13.1 Å². The van der Waals surface area contributed by atoms with Crippen LogP contribution in [0, 0.1) is 5.41 Å². The van der Waals surface area contributed by atoms with Crippen molar-refractivity contribution in [3.05, 3.63) is 36.2 Å². The molecule has 0 unspecified atom stereocenters. The molecular weight excluding hydrogens is 328 g/mol. The zero-order valence-corrected chi connectivity index (χ0v) is 15.7. The van der Waals surface area contributed by atoms with Crippen LogP contribution in [0.5, 0.6) is 0 Å². The molecule has 0 radical (unpaired) electrons. The molecule has 2 aromatic heterocycles. The molecule has 2 aromatic rings. The minimum atomic E-state index is 0.0794. The number of imidazole rings is 1. The molecule has 1 atom stereocenters. The summed E-state index contributed by atoms with van der Waals surface area (Å²) in [4.78, 5) is 19.9. The number of aryl methyl sites for hydroxylation is 2. The van der Waals surface area contributed by atoms with Crippen LogP contribution in [0.25, 0.3) is 0 Å². The lowest BCUT2D eigenvalue weighted by molar-refractivity contribution is 0.0685. The molecule has 140 valence electrons. The van der Waals surface area contributed by atoms with Gasteiger partial charge in [-0.3, -0.25) is 9.48 Å². The van der Waals surface area contributed by atoms with E-state index in [2.05, 4.69) is 31.8 Å². The minimum Gasteiger partial charge on any atom is -0.334 e. The number of amides is 1. The molecule has 1 spiro atoms. The van der Waals surface area contributed by atoms with Gasteiger partial charge in [0.05, 0.1) is 18.3 Å². The van der Waals surface area contributed by atoms with E-state index in [1.165, 1.54) is 0 Å². The first-order valence-electron chi connectivity index (χ1n) is 9.71. The maximum absolute atomic E-state index is 13.3. The highest BCUT2D eigenvalue weighted by Gasteiger charge is 2.58. The highest BCUT2D eigenvalue weighted by atomic mass is 16.2. The summed E-state index contributed by atoms with van der Waals surface area (Å²) in [6.07, 6.45) is 10.8. The van der Waals surface area contributed by atoms with E-state index in [1.54, 1.807) is 6.20 Å². The first-order chi connectivity index (χ1) is 12.7. The molecule has 1 amide bonds. The molecule has 2 fully saturated rings. The Balaban J connectivity index is 1.60. The number of rotatable bonds is 6. The fraction of sp³-hybridized carbons (Fsp3) is 0.632. The average molecular weight is 356 g/mol. The molecule has 7 heteroatoms. The second-order valence-corrected chi connectivity index (χ2v) is 7.48. The zero-order valence-electron chi connectivity index (χ0n) is 15.7. The van der Waals surface area contributed by atoms with Gasteiger partial charge in [0.15, 0.2) is 0 Å². The van der Waals surface area contributed by atoms with E-state index in [0.717, 1.165) is 51.3 Å². The van der Waals surface area contributed by atoms with Gasteiger partial charge < -0.3 is 14.8 Å². The summed E-state index contributed by atoms with van der Waals surface area (Å²) in [6, 6.07) is 0.309. The van der Waals surface area contributed by atoms with Gasteiger partial charge >= 0.3 is 0 Å². The average Bonchev–Trinajstić information content (AvgIpc) is 3.07. The summed E-state index contributed by atoms with van der Waals surface area (Å²) < 4.78 is 3.93. The topological polar surface area (TPSA) is 68.0 Å². The number of carbonyl (C=O) groups is 1. The third-order valence-corrected chi connectivity index (χ3v) is 6.04. The van der Waals surface area contributed by atoms with Gasteiger partial charge in [0.2, 0.25) is 0 Å². The number of nitrogens with zero attached hydrogens (tertiary/aromatic N) is 5. The Labute approximate surface area is 154 Å². The van der Waals surface area contributed by atoms with Crippen molar-refractivity contribution < 1.29 is 4.79 Å². The summed E-state index contributed by atoms with van der Waals surface area (Å²) in [7, 11) is 0. The lowest BCUT2D eigenvalue weighted by Gasteiger charge is -2.29. The zero-order chi connectivity index (χ0) is 18.1. The molecule has 7 nitrogen and oxygen atoms in total. The molecule has 1 saturated heterocycles. The van der Waals surface area contributed by atoms with Crippen LogP contribution in [-0.4, -0.2) is 49.3 Å². The van der Waals surface area contributed by atoms with Crippen LogP contribution >= 0.6 is 0 Å². The van der Waals surface area contributed by atoms with Crippen molar-refractivity contribution in [1.29, 1.82) is 0 Å². The SMILES string of the molecule is CCn1cc(C(=O)N(Cc2nccn2CC)[C@H]2CC23CCNCC3)cn1. The predicted molar refractivity (Wildman–Crippen MR) is 98.6 cm³/mol. The molecule has 1 aliphatic heterocycles. The van der Waals surface area contributed by atoms with Gasteiger partial charge in [-0.05, 0) is 51.6 Å². The molecule has 1 aliphatic carbocycles. The van der Waals surface area contributed by atoms with Crippen molar-refractivity contribution >= 4 is 5.91 Å². The smallest absolute Gasteiger partial charge is 0.257 e. The van der Waals surface area contributed by atoms with Crippen molar-refractivity contribution in [2.24, 2.45) is 5.41 Å². The van der Waals surface area contributed by atoms with Gasteiger partial charge in [0.25, 0.3) is 5.91 Å². The highest BCUT2D eigenvalue weighted by molar-refractivity contribution is 5.94.